The van der Waals surface area contributed by atoms with E-state index in [4.69, 9.17) is 4.74 Å². The quantitative estimate of drug-likeness (QED) is 0.891. The number of halogens is 1. The number of aromatic hydroxyl groups is 1. The fraction of sp³-hybridized carbons (Fsp3) is 0.455. The summed E-state index contributed by atoms with van der Waals surface area (Å²) in [4.78, 5) is 0. The lowest BCUT2D eigenvalue weighted by Gasteiger charge is -2.18. The highest BCUT2D eigenvalue weighted by molar-refractivity contribution is 9.10. The minimum absolute atomic E-state index is 0.0869. The second kappa shape index (κ2) is 4.41. The second-order valence-corrected chi connectivity index (χ2v) is 4.96. The Morgan fingerprint density at radius 3 is 2.47 bits per heavy atom. The molecule has 15 heavy (non-hydrogen) atoms. The molecule has 0 saturated heterocycles. The molecule has 0 amide bonds. The molecule has 4 heteroatoms. The van der Waals surface area contributed by atoms with E-state index in [1.807, 2.05) is 0 Å². The zero-order valence-corrected chi connectivity index (χ0v) is 10.6. The summed E-state index contributed by atoms with van der Waals surface area (Å²) in [7, 11) is 1.50. The van der Waals surface area contributed by atoms with E-state index in [-0.39, 0.29) is 5.75 Å². The lowest BCUT2D eigenvalue weighted by atomic mass is 9.98. The van der Waals surface area contributed by atoms with Gasteiger partial charge in [-0.25, -0.2) is 0 Å². The van der Waals surface area contributed by atoms with Gasteiger partial charge in [0.1, 0.15) is 0 Å². The predicted molar refractivity (Wildman–Crippen MR) is 62.4 cm³/mol. The first kappa shape index (κ1) is 12.3. The Morgan fingerprint density at radius 2 is 2.00 bits per heavy atom. The Kier molecular flexibility index (Phi) is 3.62. The average Bonchev–Trinajstić information content (AvgIpc) is 2.07. The van der Waals surface area contributed by atoms with Crippen molar-refractivity contribution in [2.75, 3.05) is 7.11 Å². The van der Waals surface area contributed by atoms with Crippen LogP contribution in [0.25, 0.3) is 0 Å². The van der Waals surface area contributed by atoms with E-state index in [9.17, 15) is 10.2 Å². The van der Waals surface area contributed by atoms with Crippen LogP contribution in [0, 0.1) is 0 Å². The van der Waals surface area contributed by atoms with Crippen LogP contribution in [0.5, 0.6) is 11.5 Å². The molecule has 0 atom stereocenters. The first-order valence-corrected chi connectivity index (χ1v) is 5.40. The van der Waals surface area contributed by atoms with Gasteiger partial charge >= 0.3 is 0 Å². The van der Waals surface area contributed by atoms with Gasteiger partial charge in [-0.1, -0.05) is 15.9 Å². The Bertz CT molecular complexity index is 356. The van der Waals surface area contributed by atoms with E-state index in [1.54, 1.807) is 26.0 Å². The van der Waals surface area contributed by atoms with E-state index in [0.29, 0.717) is 12.2 Å². The van der Waals surface area contributed by atoms with Crippen LogP contribution in [0.15, 0.2) is 16.6 Å². The smallest absolute Gasteiger partial charge is 0.160 e. The third kappa shape index (κ3) is 3.39. The minimum atomic E-state index is -0.787. The molecule has 0 aromatic heterocycles. The molecule has 0 aliphatic rings. The fourth-order valence-electron chi connectivity index (χ4n) is 1.35. The third-order valence-corrected chi connectivity index (χ3v) is 2.71. The lowest BCUT2D eigenvalue weighted by molar-refractivity contribution is 0.0807. The molecule has 1 aromatic carbocycles. The Labute approximate surface area is 97.8 Å². The Balaban J connectivity index is 3.08. The molecule has 0 heterocycles. The van der Waals surface area contributed by atoms with Crippen molar-refractivity contribution in [1.29, 1.82) is 0 Å². The van der Waals surface area contributed by atoms with Crippen molar-refractivity contribution in [3.05, 3.63) is 22.2 Å². The van der Waals surface area contributed by atoms with Gasteiger partial charge in [-0.05, 0) is 31.5 Å². The number of phenols is 1. The van der Waals surface area contributed by atoms with Crippen LogP contribution >= 0.6 is 15.9 Å². The maximum absolute atomic E-state index is 9.70. The molecule has 0 fully saturated rings. The lowest BCUT2D eigenvalue weighted by Crippen LogP contribution is -2.22. The molecule has 0 aliphatic carbocycles. The summed E-state index contributed by atoms with van der Waals surface area (Å²) in [6, 6.07) is 3.29. The van der Waals surface area contributed by atoms with Gasteiger partial charge in [-0.3, -0.25) is 0 Å². The van der Waals surface area contributed by atoms with Gasteiger partial charge in [0.05, 0.1) is 12.7 Å². The van der Waals surface area contributed by atoms with Crippen molar-refractivity contribution >= 4 is 15.9 Å². The molecular formula is C11H15BrO3. The van der Waals surface area contributed by atoms with Gasteiger partial charge in [-0.2, -0.15) is 0 Å². The first-order chi connectivity index (χ1) is 6.83. The van der Waals surface area contributed by atoms with Crippen LogP contribution in [0.4, 0.5) is 0 Å². The van der Waals surface area contributed by atoms with Crippen molar-refractivity contribution in [2.24, 2.45) is 0 Å². The van der Waals surface area contributed by atoms with E-state index >= 15 is 0 Å². The molecule has 1 aromatic rings. The van der Waals surface area contributed by atoms with Crippen LogP contribution in [0.1, 0.15) is 19.4 Å². The van der Waals surface area contributed by atoms with E-state index in [2.05, 4.69) is 15.9 Å². The first-order valence-electron chi connectivity index (χ1n) is 4.61. The summed E-state index contributed by atoms with van der Waals surface area (Å²) in [6.45, 7) is 3.47. The minimum Gasteiger partial charge on any atom is -0.504 e. The molecule has 0 bridgehead atoms. The number of hydrogen-bond acceptors (Lipinski definition) is 3. The number of phenolic OH excluding ortho intramolecular Hbond substituents is 1. The van der Waals surface area contributed by atoms with Crippen LogP contribution in [-0.4, -0.2) is 22.9 Å². The van der Waals surface area contributed by atoms with Crippen LogP contribution < -0.4 is 4.74 Å². The zero-order chi connectivity index (χ0) is 11.6. The molecule has 84 valence electrons. The van der Waals surface area contributed by atoms with Gasteiger partial charge in [0.2, 0.25) is 0 Å². The molecular weight excluding hydrogens is 260 g/mol. The molecule has 0 radical (unpaired) electrons. The number of hydrogen-bond donors (Lipinski definition) is 2. The normalized spacial score (nSPS) is 11.5. The van der Waals surface area contributed by atoms with Crippen molar-refractivity contribution in [2.45, 2.75) is 25.9 Å². The van der Waals surface area contributed by atoms with Crippen LogP contribution in [0.2, 0.25) is 0 Å². The standard InChI is InChI=1S/C11H15BrO3/c1-11(2,14)6-7-4-10(15-3)9(13)5-8(7)12/h4-5,13-14H,6H2,1-3H3. The molecule has 0 unspecified atom stereocenters. The van der Waals surface area contributed by atoms with Crippen molar-refractivity contribution in [1.82, 2.24) is 0 Å². The zero-order valence-electron chi connectivity index (χ0n) is 9.04. The average molecular weight is 275 g/mol. The third-order valence-electron chi connectivity index (χ3n) is 1.97. The summed E-state index contributed by atoms with van der Waals surface area (Å²) in [5.41, 5.74) is 0.113. The molecule has 3 nitrogen and oxygen atoms in total. The van der Waals surface area contributed by atoms with E-state index in [1.165, 1.54) is 7.11 Å². The summed E-state index contributed by atoms with van der Waals surface area (Å²) in [5.74, 6) is 0.501. The molecule has 0 saturated carbocycles. The summed E-state index contributed by atoms with van der Waals surface area (Å²) in [6.07, 6.45) is 0.490. The number of rotatable bonds is 3. The molecule has 0 spiro atoms. The maximum Gasteiger partial charge on any atom is 0.160 e. The monoisotopic (exact) mass is 274 g/mol. The van der Waals surface area contributed by atoms with Crippen molar-refractivity contribution in [3.63, 3.8) is 0 Å². The van der Waals surface area contributed by atoms with Gasteiger partial charge in [0, 0.05) is 10.9 Å². The summed E-state index contributed by atoms with van der Waals surface area (Å²) in [5, 5.41) is 19.2. The fourth-order valence-corrected chi connectivity index (χ4v) is 1.82. The SMILES string of the molecule is COc1cc(CC(C)(C)O)c(Br)cc1O. The Hall–Kier alpha value is -0.740. The highest BCUT2D eigenvalue weighted by Gasteiger charge is 2.17. The van der Waals surface area contributed by atoms with Gasteiger partial charge < -0.3 is 14.9 Å². The van der Waals surface area contributed by atoms with E-state index < -0.39 is 5.60 Å². The highest BCUT2D eigenvalue weighted by atomic mass is 79.9. The second-order valence-electron chi connectivity index (χ2n) is 4.10. The maximum atomic E-state index is 9.70. The van der Waals surface area contributed by atoms with Crippen molar-refractivity contribution in [3.8, 4) is 11.5 Å². The number of aliphatic hydroxyl groups is 1. The molecule has 0 aliphatic heterocycles. The number of ether oxygens (including phenoxy) is 1. The summed E-state index contributed by atoms with van der Waals surface area (Å²) < 4.78 is 5.77. The predicted octanol–water partition coefficient (Wildman–Crippen LogP) is 2.48. The van der Waals surface area contributed by atoms with Crippen LogP contribution in [0.3, 0.4) is 0 Å². The number of methoxy groups -OCH3 is 1. The largest absolute Gasteiger partial charge is 0.504 e. The molecule has 2 N–H and O–H groups in total. The van der Waals surface area contributed by atoms with E-state index in [0.717, 1.165) is 10.0 Å². The van der Waals surface area contributed by atoms with Gasteiger partial charge in [-0.15, -0.1) is 0 Å². The Morgan fingerprint density at radius 1 is 1.40 bits per heavy atom. The summed E-state index contributed by atoms with van der Waals surface area (Å²) >= 11 is 3.34. The van der Waals surface area contributed by atoms with Crippen LogP contribution in [-0.2, 0) is 6.42 Å². The number of benzene rings is 1. The highest BCUT2D eigenvalue weighted by Crippen LogP contribution is 2.33. The van der Waals surface area contributed by atoms with Gasteiger partial charge in [0.15, 0.2) is 11.5 Å². The molecule has 1 rings (SSSR count). The van der Waals surface area contributed by atoms with Gasteiger partial charge in [0.25, 0.3) is 0 Å². The van der Waals surface area contributed by atoms with Crippen molar-refractivity contribution < 1.29 is 14.9 Å². The topological polar surface area (TPSA) is 49.7 Å².